The Hall–Kier alpha value is -2.93. The topological polar surface area (TPSA) is 84.7 Å². The maximum Gasteiger partial charge on any atom is 0.319 e. The molecule has 2 amide bonds. The molecule has 0 spiro atoms. The van der Waals surface area contributed by atoms with Crippen molar-refractivity contribution in [2.24, 2.45) is 0 Å². The zero-order chi connectivity index (χ0) is 16.9. The SMILES string of the molecule is Cc1ccc(-n2nnnc2CNC(=O)Nc2ccccc2Cl)cc1. The fraction of sp³-hybridized carbons (Fsp3) is 0.125. The number of amides is 2. The molecule has 0 unspecified atom stereocenters. The molecule has 0 bridgehead atoms. The molecule has 2 aromatic carbocycles. The van der Waals surface area contributed by atoms with Crippen molar-refractivity contribution < 1.29 is 4.79 Å². The molecule has 0 aliphatic heterocycles. The fourth-order valence-electron chi connectivity index (χ4n) is 2.09. The number of carbonyl (C=O) groups is 1. The van der Waals surface area contributed by atoms with E-state index >= 15 is 0 Å². The summed E-state index contributed by atoms with van der Waals surface area (Å²) in [5.74, 6) is 0.521. The third kappa shape index (κ3) is 3.69. The summed E-state index contributed by atoms with van der Waals surface area (Å²) in [6.45, 7) is 2.18. The lowest BCUT2D eigenvalue weighted by atomic mass is 10.2. The van der Waals surface area contributed by atoms with Crippen LogP contribution >= 0.6 is 11.6 Å². The molecule has 24 heavy (non-hydrogen) atoms. The van der Waals surface area contributed by atoms with E-state index in [1.165, 1.54) is 0 Å². The maximum absolute atomic E-state index is 12.0. The van der Waals surface area contributed by atoms with E-state index in [9.17, 15) is 4.79 Å². The predicted molar refractivity (Wildman–Crippen MR) is 91.2 cm³/mol. The van der Waals surface area contributed by atoms with E-state index in [1.807, 2.05) is 31.2 Å². The number of anilines is 1. The second-order valence-electron chi connectivity index (χ2n) is 5.13. The molecule has 2 N–H and O–H groups in total. The van der Waals surface area contributed by atoms with Crippen LogP contribution in [0, 0.1) is 6.92 Å². The van der Waals surface area contributed by atoms with Gasteiger partial charge in [0, 0.05) is 0 Å². The standard InChI is InChI=1S/C16H15ClN6O/c1-11-6-8-12(9-7-11)23-15(20-21-22-23)10-18-16(24)19-14-5-3-2-4-13(14)17/h2-9H,10H2,1H3,(H2,18,19,24). The smallest absolute Gasteiger partial charge is 0.319 e. The minimum Gasteiger partial charge on any atom is -0.330 e. The van der Waals surface area contributed by atoms with E-state index < -0.39 is 0 Å². The van der Waals surface area contributed by atoms with E-state index in [2.05, 4.69) is 26.2 Å². The predicted octanol–water partition coefficient (Wildman–Crippen LogP) is 2.95. The number of urea groups is 1. The van der Waals surface area contributed by atoms with Gasteiger partial charge in [-0.15, -0.1) is 5.10 Å². The van der Waals surface area contributed by atoms with Gasteiger partial charge in [0.1, 0.15) is 0 Å². The second kappa shape index (κ2) is 7.10. The van der Waals surface area contributed by atoms with Crippen LogP contribution in [0.3, 0.4) is 0 Å². The van der Waals surface area contributed by atoms with E-state index in [-0.39, 0.29) is 12.6 Å². The highest BCUT2D eigenvalue weighted by Gasteiger charge is 2.10. The van der Waals surface area contributed by atoms with Crippen LogP contribution in [0.4, 0.5) is 10.5 Å². The largest absolute Gasteiger partial charge is 0.330 e. The van der Waals surface area contributed by atoms with Crippen LogP contribution in [-0.2, 0) is 6.54 Å². The average Bonchev–Trinajstić information content (AvgIpc) is 3.04. The first kappa shape index (κ1) is 15.9. The molecule has 0 saturated carbocycles. The summed E-state index contributed by atoms with van der Waals surface area (Å²) < 4.78 is 1.58. The Morgan fingerprint density at radius 3 is 2.67 bits per heavy atom. The van der Waals surface area contributed by atoms with Crippen LogP contribution in [0.25, 0.3) is 5.69 Å². The molecule has 3 rings (SSSR count). The number of aromatic nitrogens is 4. The van der Waals surface area contributed by atoms with Crippen LogP contribution in [0.5, 0.6) is 0 Å². The molecular weight excluding hydrogens is 328 g/mol. The Morgan fingerprint density at radius 1 is 1.17 bits per heavy atom. The number of hydrogen-bond acceptors (Lipinski definition) is 4. The van der Waals surface area contributed by atoms with Gasteiger partial charge in [0.25, 0.3) is 0 Å². The number of para-hydroxylation sites is 1. The lowest BCUT2D eigenvalue weighted by Gasteiger charge is -2.09. The Morgan fingerprint density at radius 2 is 1.92 bits per heavy atom. The van der Waals surface area contributed by atoms with E-state index in [0.29, 0.717) is 16.5 Å². The van der Waals surface area contributed by atoms with Crippen LogP contribution < -0.4 is 10.6 Å². The van der Waals surface area contributed by atoms with Crippen molar-refractivity contribution in [2.45, 2.75) is 13.5 Å². The highest BCUT2D eigenvalue weighted by Crippen LogP contribution is 2.20. The van der Waals surface area contributed by atoms with Crippen molar-refractivity contribution in [1.82, 2.24) is 25.5 Å². The Bertz CT molecular complexity index is 846. The minimum atomic E-state index is -0.387. The molecule has 3 aromatic rings. The van der Waals surface area contributed by atoms with Crippen LogP contribution in [0.15, 0.2) is 48.5 Å². The number of aryl methyl sites for hydroxylation is 1. The van der Waals surface area contributed by atoms with Gasteiger partial charge in [0.05, 0.1) is 22.9 Å². The number of hydrogen-bond donors (Lipinski definition) is 2. The number of halogens is 1. The summed E-state index contributed by atoms with van der Waals surface area (Å²) in [6.07, 6.45) is 0. The molecular formula is C16H15ClN6O. The van der Waals surface area contributed by atoms with Gasteiger partial charge >= 0.3 is 6.03 Å². The highest BCUT2D eigenvalue weighted by molar-refractivity contribution is 6.33. The third-order valence-corrected chi connectivity index (χ3v) is 3.67. The summed E-state index contributed by atoms with van der Waals surface area (Å²) in [7, 11) is 0. The van der Waals surface area contributed by atoms with Gasteiger partial charge in [-0.3, -0.25) is 0 Å². The fourth-order valence-corrected chi connectivity index (χ4v) is 2.27. The first-order valence-electron chi connectivity index (χ1n) is 7.27. The number of carbonyl (C=O) groups excluding carboxylic acids is 1. The summed E-state index contributed by atoms with van der Waals surface area (Å²) in [6, 6.07) is 14.4. The summed E-state index contributed by atoms with van der Waals surface area (Å²) in [4.78, 5) is 12.0. The number of nitrogens with zero attached hydrogens (tertiary/aromatic N) is 4. The molecule has 0 atom stereocenters. The average molecular weight is 343 g/mol. The summed E-state index contributed by atoms with van der Waals surface area (Å²) >= 11 is 6.01. The van der Waals surface area contributed by atoms with Crippen molar-refractivity contribution >= 4 is 23.3 Å². The first-order chi connectivity index (χ1) is 11.6. The van der Waals surface area contributed by atoms with Crippen molar-refractivity contribution in [3.05, 3.63) is 64.9 Å². The number of rotatable bonds is 4. The monoisotopic (exact) mass is 342 g/mol. The molecule has 0 fully saturated rings. The van der Waals surface area contributed by atoms with Gasteiger partial charge in [0.15, 0.2) is 5.82 Å². The quantitative estimate of drug-likeness (QED) is 0.763. The third-order valence-electron chi connectivity index (χ3n) is 3.34. The highest BCUT2D eigenvalue weighted by atomic mass is 35.5. The summed E-state index contributed by atoms with van der Waals surface area (Å²) in [5, 5.41) is 17.4. The molecule has 1 heterocycles. The Labute approximate surface area is 143 Å². The van der Waals surface area contributed by atoms with Gasteiger partial charge in [-0.05, 0) is 41.6 Å². The molecule has 0 aliphatic rings. The van der Waals surface area contributed by atoms with Gasteiger partial charge in [-0.1, -0.05) is 41.4 Å². The Balaban J connectivity index is 1.65. The van der Waals surface area contributed by atoms with Crippen molar-refractivity contribution in [2.75, 3.05) is 5.32 Å². The van der Waals surface area contributed by atoms with E-state index in [4.69, 9.17) is 11.6 Å². The van der Waals surface area contributed by atoms with Gasteiger partial charge < -0.3 is 10.6 Å². The van der Waals surface area contributed by atoms with Crippen molar-refractivity contribution in [1.29, 1.82) is 0 Å². The molecule has 1 aromatic heterocycles. The normalized spacial score (nSPS) is 10.4. The van der Waals surface area contributed by atoms with E-state index in [0.717, 1.165) is 11.3 Å². The number of tetrazole rings is 1. The van der Waals surface area contributed by atoms with Crippen LogP contribution in [0.2, 0.25) is 5.02 Å². The zero-order valence-corrected chi connectivity index (χ0v) is 13.7. The number of nitrogens with one attached hydrogen (secondary N) is 2. The maximum atomic E-state index is 12.0. The molecule has 7 nitrogen and oxygen atoms in total. The van der Waals surface area contributed by atoms with Gasteiger partial charge in [-0.25, -0.2) is 4.79 Å². The van der Waals surface area contributed by atoms with Gasteiger partial charge in [0.2, 0.25) is 0 Å². The second-order valence-corrected chi connectivity index (χ2v) is 5.54. The molecule has 122 valence electrons. The number of benzene rings is 2. The summed E-state index contributed by atoms with van der Waals surface area (Å²) in [5.41, 5.74) is 2.51. The first-order valence-corrected chi connectivity index (χ1v) is 7.65. The van der Waals surface area contributed by atoms with Crippen LogP contribution in [-0.4, -0.2) is 26.2 Å². The van der Waals surface area contributed by atoms with Gasteiger partial charge in [-0.2, -0.15) is 4.68 Å². The molecule has 0 radical (unpaired) electrons. The lowest BCUT2D eigenvalue weighted by molar-refractivity contribution is 0.251. The van der Waals surface area contributed by atoms with Crippen molar-refractivity contribution in [3.8, 4) is 5.69 Å². The lowest BCUT2D eigenvalue weighted by Crippen LogP contribution is -2.29. The van der Waals surface area contributed by atoms with Crippen molar-refractivity contribution in [3.63, 3.8) is 0 Å². The molecule has 0 saturated heterocycles. The Kier molecular flexibility index (Phi) is 4.72. The minimum absolute atomic E-state index is 0.178. The van der Waals surface area contributed by atoms with Crippen LogP contribution in [0.1, 0.15) is 11.4 Å². The van der Waals surface area contributed by atoms with E-state index in [1.54, 1.807) is 28.9 Å². The zero-order valence-electron chi connectivity index (χ0n) is 12.9. The molecule has 8 heteroatoms. The molecule has 0 aliphatic carbocycles.